The van der Waals surface area contributed by atoms with Crippen LogP contribution >= 0.6 is 12.4 Å². The molecular formula is C13H21ClN2O3. The Morgan fingerprint density at radius 1 is 1.26 bits per heavy atom. The second-order valence-corrected chi connectivity index (χ2v) is 4.61. The van der Waals surface area contributed by atoms with Gasteiger partial charge in [-0.15, -0.1) is 12.4 Å². The molecule has 0 atom stereocenters. The standard InChI is InChI=1S/C13H20N2O3.ClH/c1-13(2,8-14)12(16)15-9-5-6-10(17-3)11(7-9)18-4;/h5-7H,8,14H2,1-4H3,(H,15,16);1H. The average molecular weight is 289 g/mol. The van der Waals surface area contributed by atoms with Crippen LogP contribution in [0.4, 0.5) is 5.69 Å². The molecule has 5 nitrogen and oxygen atoms in total. The van der Waals surface area contributed by atoms with Crippen LogP contribution in [0.3, 0.4) is 0 Å². The first-order valence-electron chi connectivity index (χ1n) is 5.68. The summed E-state index contributed by atoms with van der Waals surface area (Å²) in [6.07, 6.45) is 0. The molecule has 0 radical (unpaired) electrons. The topological polar surface area (TPSA) is 73.6 Å². The van der Waals surface area contributed by atoms with Gasteiger partial charge in [0.05, 0.1) is 19.6 Å². The maximum atomic E-state index is 12.0. The number of halogens is 1. The van der Waals surface area contributed by atoms with E-state index in [1.165, 1.54) is 0 Å². The van der Waals surface area contributed by atoms with Gasteiger partial charge in [-0.1, -0.05) is 0 Å². The normalized spacial score (nSPS) is 10.4. The summed E-state index contributed by atoms with van der Waals surface area (Å²) in [7, 11) is 3.11. The van der Waals surface area contributed by atoms with E-state index in [9.17, 15) is 4.79 Å². The molecule has 3 N–H and O–H groups in total. The summed E-state index contributed by atoms with van der Waals surface area (Å²) in [5, 5.41) is 2.80. The number of benzene rings is 1. The van der Waals surface area contributed by atoms with E-state index in [1.54, 1.807) is 46.3 Å². The zero-order valence-corrected chi connectivity index (χ0v) is 12.5. The third kappa shape index (κ3) is 4.29. The highest BCUT2D eigenvalue weighted by molar-refractivity contribution is 5.95. The van der Waals surface area contributed by atoms with Crippen LogP contribution in [-0.4, -0.2) is 26.7 Å². The number of hydrogen-bond acceptors (Lipinski definition) is 4. The smallest absolute Gasteiger partial charge is 0.231 e. The van der Waals surface area contributed by atoms with E-state index in [-0.39, 0.29) is 24.9 Å². The summed E-state index contributed by atoms with van der Waals surface area (Å²) < 4.78 is 10.3. The number of rotatable bonds is 5. The Morgan fingerprint density at radius 3 is 2.32 bits per heavy atom. The minimum absolute atomic E-state index is 0. The molecule has 0 heterocycles. The summed E-state index contributed by atoms with van der Waals surface area (Å²) in [5.74, 6) is 1.06. The Kier molecular flexibility index (Phi) is 6.65. The van der Waals surface area contributed by atoms with Crippen LogP contribution in [0.25, 0.3) is 0 Å². The molecule has 0 aliphatic carbocycles. The summed E-state index contributed by atoms with van der Waals surface area (Å²) >= 11 is 0. The largest absolute Gasteiger partial charge is 0.493 e. The number of anilines is 1. The molecule has 0 aliphatic rings. The molecule has 19 heavy (non-hydrogen) atoms. The van der Waals surface area contributed by atoms with Gasteiger partial charge in [-0.25, -0.2) is 0 Å². The Labute approximate surface area is 119 Å². The molecule has 0 spiro atoms. The molecule has 0 saturated heterocycles. The van der Waals surface area contributed by atoms with E-state index in [1.807, 2.05) is 0 Å². The van der Waals surface area contributed by atoms with Crippen LogP contribution in [0.15, 0.2) is 18.2 Å². The first kappa shape index (κ1) is 17.5. The Bertz CT molecular complexity index is 436. The van der Waals surface area contributed by atoms with Crippen molar-refractivity contribution in [3.05, 3.63) is 18.2 Å². The highest BCUT2D eigenvalue weighted by atomic mass is 35.5. The predicted molar refractivity (Wildman–Crippen MR) is 78.3 cm³/mol. The molecule has 1 aromatic carbocycles. The number of carbonyl (C=O) groups excluding carboxylic acids is 1. The molecule has 0 saturated carbocycles. The Morgan fingerprint density at radius 2 is 1.84 bits per heavy atom. The monoisotopic (exact) mass is 288 g/mol. The van der Waals surface area contributed by atoms with E-state index >= 15 is 0 Å². The van der Waals surface area contributed by atoms with Crippen molar-refractivity contribution in [3.63, 3.8) is 0 Å². The zero-order chi connectivity index (χ0) is 13.8. The molecule has 0 bridgehead atoms. The summed E-state index contributed by atoms with van der Waals surface area (Å²) in [5.41, 5.74) is 5.61. The van der Waals surface area contributed by atoms with Crippen molar-refractivity contribution in [3.8, 4) is 11.5 Å². The van der Waals surface area contributed by atoms with Gasteiger partial charge in [-0.05, 0) is 26.0 Å². The molecule has 0 unspecified atom stereocenters. The van der Waals surface area contributed by atoms with Gasteiger partial charge in [-0.2, -0.15) is 0 Å². The van der Waals surface area contributed by atoms with Crippen LogP contribution in [0, 0.1) is 5.41 Å². The van der Waals surface area contributed by atoms with Gasteiger partial charge in [0.15, 0.2) is 11.5 Å². The molecule has 108 valence electrons. The Balaban J connectivity index is 0.00000324. The molecule has 0 aliphatic heterocycles. The predicted octanol–water partition coefficient (Wildman–Crippen LogP) is 2.05. The number of methoxy groups -OCH3 is 2. The van der Waals surface area contributed by atoms with Gasteiger partial charge in [0.2, 0.25) is 5.91 Å². The third-order valence-electron chi connectivity index (χ3n) is 2.77. The highest BCUT2D eigenvalue weighted by Crippen LogP contribution is 2.30. The molecule has 6 heteroatoms. The number of carbonyl (C=O) groups is 1. The lowest BCUT2D eigenvalue weighted by molar-refractivity contribution is -0.123. The van der Waals surface area contributed by atoms with Crippen LogP contribution < -0.4 is 20.5 Å². The Hall–Kier alpha value is -1.46. The van der Waals surface area contributed by atoms with Crippen molar-refractivity contribution in [1.82, 2.24) is 0 Å². The fourth-order valence-corrected chi connectivity index (χ4v) is 1.31. The fraction of sp³-hybridized carbons (Fsp3) is 0.462. The quantitative estimate of drug-likeness (QED) is 0.870. The van der Waals surface area contributed by atoms with Crippen LogP contribution in [-0.2, 0) is 4.79 Å². The van der Waals surface area contributed by atoms with Gasteiger partial charge in [0.25, 0.3) is 0 Å². The summed E-state index contributed by atoms with van der Waals surface area (Å²) in [6, 6.07) is 5.21. The number of ether oxygens (including phenoxy) is 2. The van der Waals surface area contributed by atoms with Crippen molar-refractivity contribution >= 4 is 24.0 Å². The van der Waals surface area contributed by atoms with Crippen LogP contribution in [0.5, 0.6) is 11.5 Å². The first-order chi connectivity index (χ1) is 8.44. The maximum Gasteiger partial charge on any atom is 0.231 e. The molecule has 0 aromatic heterocycles. The van der Waals surface area contributed by atoms with E-state index in [2.05, 4.69) is 5.32 Å². The van der Waals surface area contributed by atoms with E-state index in [0.29, 0.717) is 17.2 Å². The average Bonchev–Trinajstić information content (AvgIpc) is 2.38. The maximum absolute atomic E-state index is 12.0. The lowest BCUT2D eigenvalue weighted by atomic mass is 9.92. The highest BCUT2D eigenvalue weighted by Gasteiger charge is 2.25. The van der Waals surface area contributed by atoms with E-state index < -0.39 is 5.41 Å². The lowest BCUT2D eigenvalue weighted by Crippen LogP contribution is -2.37. The van der Waals surface area contributed by atoms with Gasteiger partial charge >= 0.3 is 0 Å². The van der Waals surface area contributed by atoms with Crippen LogP contribution in [0.1, 0.15) is 13.8 Å². The summed E-state index contributed by atoms with van der Waals surface area (Å²) in [4.78, 5) is 12.0. The van der Waals surface area contributed by atoms with Gasteiger partial charge in [0, 0.05) is 18.3 Å². The van der Waals surface area contributed by atoms with E-state index in [4.69, 9.17) is 15.2 Å². The third-order valence-corrected chi connectivity index (χ3v) is 2.77. The van der Waals surface area contributed by atoms with Crippen molar-refractivity contribution < 1.29 is 14.3 Å². The molecule has 0 fully saturated rings. The number of nitrogens with two attached hydrogens (primary N) is 1. The second-order valence-electron chi connectivity index (χ2n) is 4.61. The van der Waals surface area contributed by atoms with Gasteiger partial charge in [-0.3, -0.25) is 4.79 Å². The minimum Gasteiger partial charge on any atom is -0.493 e. The summed E-state index contributed by atoms with van der Waals surface area (Å²) in [6.45, 7) is 3.87. The second kappa shape index (κ2) is 7.21. The van der Waals surface area contributed by atoms with Crippen molar-refractivity contribution in [1.29, 1.82) is 0 Å². The SMILES string of the molecule is COc1ccc(NC(=O)C(C)(C)CN)cc1OC.Cl. The number of amides is 1. The van der Waals surface area contributed by atoms with Crippen LogP contribution in [0.2, 0.25) is 0 Å². The lowest BCUT2D eigenvalue weighted by Gasteiger charge is -2.21. The zero-order valence-electron chi connectivity index (χ0n) is 11.6. The molecule has 1 rings (SSSR count). The number of hydrogen-bond donors (Lipinski definition) is 2. The number of nitrogens with one attached hydrogen (secondary N) is 1. The molecular weight excluding hydrogens is 268 g/mol. The van der Waals surface area contributed by atoms with Crippen molar-refractivity contribution in [2.45, 2.75) is 13.8 Å². The first-order valence-corrected chi connectivity index (χ1v) is 5.68. The van der Waals surface area contributed by atoms with Crippen molar-refractivity contribution in [2.24, 2.45) is 11.1 Å². The van der Waals surface area contributed by atoms with E-state index in [0.717, 1.165) is 0 Å². The minimum atomic E-state index is -0.604. The van der Waals surface area contributed by atoms with Crippen molar-refractivity contribution in [2.75, 3.05) is 26.1 Å². The van der Waals surface area contributed by atoms with Gasteiger partial charge < -0.3 is 20.5 Å². The fourth-order valence-electron chi connectivity index (χ4n) is 1.31. The molecule has 1 aromatic rings. The van der Waals surface area contributed by atoms with Gasteiger partial charge in [0.1, 0.15) is 0 Å². The molecule has 1 amide bonds.